The van der Waals surface area contributed by atoms with Gasteiger partial charge in [-0.2, -0.15) is 0 Å². The van der Waals surface area contributed by atoms with Crippen molar-refractivity contribution in [1.82, 2.24) is 10.2 Å². The van der Waals surface area contributed by atoms with Gasteiger partial charge in [0.15, 0.2) is 0 Å². The van der Waals surface area contributed by atoms with E-state index in [2.05, 4.69) is 38.0 Å². The van der Waals surface area contributed by atoms with Crippen molar-refractivity contribution in [2.75, 3.05) is 26.7 Å². The molecule has 0 saturated heterocycles. The van der Waals surface area contributed by atoms with Crippen LogP contribution in [0.25, 0.3) is 0 Å². The van der Waals surface area contributed by atoms with Crippen molar-refractivity contribution in [3.05, 3.63) is 0 Å². The highest BCUT2D eigenvalue weighted by atomic mass is 15.1. The summed E-state index contributed by atoms with van der Waals surface area (Å²) in [5.74, 6) is 1.94. The molecule has 1 aliphatic carbocycles. The van der Waals surface area contributed by atoms with Gasteiger partial charge in [-0.15, -0.1) is 0 Å². The molecule has 0 aromatic carbocycles. The van der Waals surface area contributed by atoms with Crippen LogP contribution in [0, 0.1) is 11.8 Å². The first-order chi connectivity index (χ1) is 6.59. The van der Waals surface area contributed by atoms with Gasteiger partial charge in [-0.1, -0.05) is 20.8 Å². The highest BCUT2D eigenvalue weighted by Gasteiger charge is 2.28. The minimum absolute atomic E-state index is 0.615. The second-order valence-electron chi connectivity index (χ2n) is 5.19. The molecule has 1 rings (SSSR count). The molecule has 2 heteroatoms. The summed E-state index contributed by atoms with van der Waals surface area (Å²) in [5, 5.41) is 3.45. The van der Waals surface area contributed by atoms with Gasteiger partial charge in [0, 0.05) is 25.7 Å². The zero-order chi connectivity index (χ0) is 10.6. The number of rotatable bonds is 7. The Kier molecular flexibility index (Phi) is 4.90. The first kappa shape index (κ1) is 12.0. The standard InChI is InChI=1S/C12H26N2/c1-10(2)13-7-8-14(4)9-11(3)12-5-6-12/h10-13H,5-9H2,1-4H3. The number of nitrogens with zero attached hydrogens (tertiary/aromatic N) is 1. The average Bonchev–Trinajstić information content (AvgIpc) is 2.84. The molecular formula is C12H26N2. The van der Waals surface area contributed by atoms with E-state index < -0.39 is 0 Å². The molecule has 0 amide bonds. The Balaban J connectivity index is 2.00. The Bertz CT molecular complexity index is 152. The van der Waals surface area contributed by atoms with Gasteiger partial charge in [-0.25, -0.2) is 0 Å². The molecule has 1 aliphatic rings. The fourth-order valence-corrected chi connectivity index (χ4v) is 1.94. The molecule has 2 nitrogen and oxygen atoms in total. The normalized spacial score (nSPS) is 19.3. The van der Waals surface area contributed by atoms with Crippen molar-refractivity contribution in [2.24, 2.45) is 11.8 Å². The molecule has 1 unspecified atom stereocenters. The fourth-order valence-electron chi connectivity index (χ4n) is 1.94. The quantitative estimate of drug-likeness (QED) is 0.673. The van der Waals surface area contributed by atoms with Gasteiger partial charge in [-0.05, 0) is 31.7 Å². The number of hydrogen-bond donors (Lipinski definition) is 1. The predicted octanol–water partition coefficient (Wildman–Crippen LogP) is 1.96. The van der Waals surface area contributed by atoms with Crippen LogP contribution in [-0.4, -0.2) is 37.6 Å². The van der Waals surface area contributed by atoms with Crippen molar-refractivity contribution >= 4 is 0 Å². The largest absolute Gasteiger partial charge is 0.313 e. The Labute approximate surface area is 89.1 Å². The topological polar surface area (TPSA) is 15.3 Å². The second kappa shape index (κ2) is 5.72. The lowest BCUT2D eigenvalue weighted by atomic mass is 10.1. The minimum atomic E-state index is 0.615. The van der Waals surface area contributed by atoms with Crippen LogP contribution in [0.4, 0.5) is 0 Å². The molecular weight excluding hydrogens is 172 g/mol. The Morgan fingerprint density at radius 1 is 1.29 bits per heavy atom. The van der Waals surface area contributed by atoms with E-state index in [9.17, 15) is 0 Å². The predicted molar refractivity (Wildman–Crippen MR) is 62.5 cm³/mol. The van der Waals surface area contributed by atoms with Crippen LogP contribution in [0.1, 0.15) is 33.6 Å². The Morgan fingerprint density at radius 2 is 1.93 bits per heavy atom. The van der Waals surface area contributed by atoms with Crippen LogP contribution in [0.15, 0.2) is 0 Å². The molecule has 84 valence electrons. The highest BCUT2D eigenvalue weighted by molar-refractivity contribution is 4.80. The molecule has 0 spiro atoms. The van der Waals surface area contributed by atoms with E-state index in [-0.39, 0.29) is 0 Å². The van der Waals surface area contributed by atoms with Crippen molar-refractivity contribution in [2.45, 2.75) is 39.7 Å². The minimum Gasteiger partial charge on any atom is -0.313 e. The second-order valence-corrected chi connectivity index (χ2v) is 5.19. The number of nitrogens with one attached hydrogen (secondary N) is 1. The van der Waals surface area contributed by atoms with E-state index in [4.69, 9.17) is 0 Å². The van der Waals surface area contributed by atoms with E-state index in [0.29, 0.717) is 6.04 Å². The summed E-state index contributed by atoms with van der Waals surface area (Å²) >= 11 is 0. The van der Waals surface area contributed by atoms with Crippen LogP contribution in [0.3, 0.4) is 0 Å². The van der Waals surface area contributed by atoms with Crippen LogP contribution in [0.2, 0.25) is 0 Å². The molecule has 1 atom stereocenters. The summed E-state index contributed by atoms with van der Waals surface area (Å²) in [6.07, 6.45) is 2.94. The van der Waals surface area contributed by atoms with Crippen molar-refractivity contribution in [3.8, 4) is 0 Å². The van der Waals surface area contributed by atoms with Gasteiger partial charge >= 0.3 is 0 Å². The van der Waals surface area contributed by atoms with Crippen LogP contribution in [0.5, 0.6) is 0 Å². The average molecular weight is 198 g/mol. The van der Waals surface area contributed by atoms with E-state index in [0.717, 1.165) is 18.4 Å². The maximum atomic E-state index is 3.45. The Morgan fingerprint density at radius 3 is 2.43 bits per heavy atom. The van der Waals surface area contributed by atoms with E-state index in [1.165, 1.54) is 25.9 Å². The number of hydrogen-bond acceptors (Lipinski definition) is 2. The van der Waals surface area contributed by atoms with Crippen LogP contribution >= 0.6 is 0 Å². The number of likely N-dealkylation sites (N-methyl/N-ethyl adjacent to an activating group) is 1. The third-order valence-electron chi connectivity index (χ3n) is 3.07. The summed E-state index contributed by atoms with van der Waals surface area (Å²) in [5.41, 5.74) is 0. The maximum absolute atomic E-state index is 3.45. The van der Waals surface area contributed by atoms with Gasteiger partial charge < -0.3 is 10.2 Å². The lowest BCUT2D eigenvalue weighted by molar-refractivity contribution is 0.268. The summed E-state index contributed by atoms with van der Waals surface area (Å²) in [6.45, 7) is 10.4. The molecule has 0 heterocycles. The smallest absolute Gasteiger partial charge is 0.0104 e. The molecule has 0 aromatic heterocycles. The van der Waals surface area contributed by atoms with Gasteiger partial charge in [0.25, 0.3) is 0 Å². The van der Waals surface area contributed by atoms with Crippen molar-refractivity contribution in [1.29, 1.82) is 0 Å². The highest BCUT2D eigenvalue weighted by Crippen LogP contribution is 2.36. The first-order valence-electron chi connectivity index (χ1n) is 6.01. The van der Waals surface area contributed by atoms with Crippen molar-refractivity contribution < 1.29 is 0 Å². The van der Waals surface area contributed by atoms with Crippen LogP contribution < -0.4 is 5.32 Å². The SMILES string of the molecule is CC(C)NCCN(C)CC(C)C1CC1. The molecule has 0 aromatic rings. The maximum Gasteiger partial charge on any atom is 0.0104 e. The van der Waals surface area contributed by atoms with E-state index in [1.807, 2.05) is 0 Å². The summed E-state index contributed by atoms with van der Waals surface area (Å²) in [6, 6.07) is 0.615. The van der Waals surface area contributed by atoms with Crippen molar-refractivity contribution in [3.63, 3.8) is 0 Å². The third kappa shape index (κ3) is 4.97. The monoisotopic (exact) mass is 198 g/mol. The zero-order valence-corrected chi connectivity index (χ0v) is 10.2. The molecule has 1 saturated carbocycles. The molecule has 0 bridgehead atoms. The van der Waals surface area contributed by atoms with Gasteiger partial charge in [-0.3, -0.25) is 0 Å². The van der Waals surface area contributed by atoms with Gasteiger partial charge in [0.1, 0.15) is 0 Å². The van der Waals surface area contributed by atoms with Crippen LogP contribution in [-0.2, 0) is 0 Å². The first-order valence-corrected chi connectivity index (χ1v) is 6.01. The molecule has 0 radical (unpaired) electrons. The molecule has 1 N–H and O–H groups in total. The van der Waals surface area contributed by atoms with Gasteiger partial charge in [0.05, 0.1) is 0 Å². The summed E-state index contributed by atoms with van der Waals surface area (Å²) in [4.78, 5) is 2.46. The van der Waals surface area contributed by atoms with E-state index in [1.54, 1.807) is 0 Å². The zero-order valence-electron chi connectivity index (χ0n) is 10.2. The fraction of sp³-hybridized carbons (Fsp3) is 1.00. The van der Waals surface area contributed by atoms with Gasteiger partial charge in [0.2, 0.25) is 0 Å². The molecule has 1 fully saturated rings. The third-order valence-corrected chi connectivity index (χ3v) is 3.07. The summed E-state index contributed by atoms with van der Waals surface area (Å²) in [7, 11) is 2.24. The van der Waals surface area contributed by atoms with E-state index >= 15 is 0 Å². The Hall–Kier alpha value is -0.0800. The summed E-state index contributed by atoms with van der Waals surface area (Å²) < 4.78 is 0. The molecule has 14 heavy (non-hydrogen) atoms. The lowest BCUT2D eigenvalue weighted by Gasteiger charge is -2.21. The molecule has 0 aliphatic heterocycles. The lowest BCUT2D eigenvalue weighted by Crippen LogP contribution is -2.35.